The van der Waals surface area contributed by atoms with Crippen LogP contribution in [0.15, 0.2) is 30.3 Å². The first-order valence-electron chi connectivity index (χ1n) is 5.98. The number of benzene rings is 1. The second-order valence-electron chi connectivity index (χ2n) is 5.37. The van der Waals surface area contributed by atoms with Crippen molar-refractivity contribution >= 4 is 12.0 Å². The van der Waals surface area contributed by atoms with Crippen molar-refractivity contribution in [2.75, 3.05) is 0 Å². The van der Waals surface area contributed by atoms with Crippen LogP contribution in [0.1, 0.15) is 38.8 Å². The third kappa shape index (κ3) is 2.53. The average Bonchev–Trinajstić information content (AvgIpc) is 2.24. The number of carbonyl (C=O) groups is 2. The molecule has 1 heterocycles. The van der Waals surface area contributed by atoms with Gasteiger partial charge in [-0.25, -0.2) is 9.69 Å². The van der Waals surface area contributed by atoms with E-state index in [-0.39, 0.29) is 11.9 Å². The number of β-lactam (4-membered cyclic amide) rings is 1. The average molecular weight is 247 g/mol. The number of carbonyl (C=O) groups excluding carboxylic acids is 2. The molecule has 1 aliphatic heterocycles. The highest BCUT2D eigenvalue weighted by atomic mass is 16.6. The van der Waals surface area contributed by atoms with Gasteiger partial charge in [-0.05, 0) is 26.3 Å². The maximum atomic E-state index is 11.9. The molecule has 2 rings (SSSR count). The highest BCUT2D eigenvalue weighted by molar-refractivity contribution is 5.98. The van der Waals surface area contributed by atoms with E-state index < -0.39 is 11.7 Å². The Balaban J connectivity index is 2.12. The highest BCUT2D eigenvalue weighted by Gasteiger charge is 2.43. The summed E-state index contributed by atoms with van der Waals surface area (Å²) < 4.78 is 5.23. The molecular weight excluding hydrogens is 230 g/mol. The Kier molecular flexibility index (Phi) is 3.11. The summed E-state index contributed by atoms with van der Waals surface area (Å²) in [4.78, 5) is 24.7. The van der Waals surface area contributed by atoms with E-state index in [1.165, 1.54) is 4.90 Å². The van der Waals surface area contributed by atoms with Crippen LogP contribution in [0.25, 0.3) is 0 Å². The van der Waals surface area contributed by atoms with Crippen LogP contribution in [-0.4, -0.2) is 22.5 Å². The zero-order chi connectivity index (χ0) is 13.3. The lowest BCUT2D eigenvalue weighted by molar-refractivity contribution is -0.144. The van der Waals surface area contributed by atoms with Gasteiger partial charge in [0.15, 0.2) is 0 Å². The van der Waals surface area contributed by atoms with Crippen LogP contribution in [0.4, 0.5) is 4.79 Å². The second-order valence-corrected chi connectivity index (χ2v) is 5.37. The fraction of sp³-hybridized carbons (Fsp3) is 0.429. The number of amides is 2. The van der Waals surface area contributed by atoms with Gasteiger partial charge < -0.3 is 4.74 Å². The Morgan fingerprint density at radius 3 is 2.39 bits per heavy atom. The number of rotatable bonds is 1. The fourth-order valence-electron chi connectivity index (χ4n) is 1.90. The second kappa shape index (κ2) is 4.44. The zero-order valence-corrected chi connectivity index (χ0v) is 10.8. The molecule has 0 unspecified atom stereocenters. The van der Waals surface area contributed by atoms with Gasteiger partial charge in [-0.2, -0.15) is 0 Å². The van der Waals surface area contributed by atoms with Crippen LogP contribution in [0.5, 0.6) is 0 Å². The fourth-order valence-corrected chi connectivity index (χ4v) is 1.90. The molecule has 96 valence electrons. The summed E-state index contributed by atoms with van der Waals surface area (Å²) in [5, 5.41) is 0. The molecule has 18 heavy (non-hydrogen) atoms. The van der Waals surface area contributed by atoms with Gasteiger partial charge in [0.2, 0.25) is 5.91 Å². The molecule has 1 aromatic rings. The third-order valence-electron chi connectivity index (χ3n) is 2.72. The Bertz CT molecular complexity index is 462. The minimum absolute atomic E-state index is 0.182. The van der Waals surface area contributed by atoms with Crippen molar-refractivity contribution in [3.63, 3.8) is 0 Å². The van der Waals surface area contributed by atoms with Gasteiger partial charge in [-0.3, -0.25) is 4.79 Å². The summed E-state index contributed by atoms with van der Waals surface area (Å²) in [6.07, 6.45) is -0.198. The van der Waals surface area contributed by atoms with E-state index in [2.05, 4.69) is 0 Å². The summed E-state index contributed by atoms with van der Waals surface area (Å²) >= 11 is 0. The summed E-state index contributed by atoms with van der Waals surface area (Å²) in [6, 6.07) is 9.33. The molecule has 0 aromatic heterocycles. The van der Waals surface area contributed by atoms with Crippen LogP contribution >= 0.6 is 0 Å². The summed E-state index contributed by atoms with van der Waals surface area (Å²) in [5.74, 6) is -0.182. The Labute approximate surface area is 107 Å². The lowest BCUT2D eigenvalue weighted by Gasteiger charge is -2.39. The molecule has 0 spiro atoms. The zero-order valence-electron chi connectivity index (χ0n) is 10.8. The van der Waals surface area contributed by atoms with E-state index in [0.717, 1.165) is 5.56 Å². The molecule has 2 amide bonds. The summed E-state index contributed by atoms with van der Waals surface area (Å²) in [7, 11) is 0. The minimum atomic E-state index is -0.589. The molecular formula is C14H17NO3. The predicted octanol–water partition coefficient (Wildman–Crippen LogP) is 2.90. The van der Waals surface area contributed by atoms with Gasteiger partial charge in [0.1, 0.15) is 5.60 Å². The minimum Gasteiger partial charge on any atom is -0.443 e. The standard InChI is InChI=1S/C14H17NO3/c1-14(2,3)18-13(17)15-11(9-12(15)16)10-7-5-4-6-8-10/h4-8,11H,9H2,1-3H3/t11-/m0/s1. The highest BCUT2D eigenvalue weighted by Crippen LogP contribution is 2.35. The Hall–Kier alpha value is -1.84. The third-order valence-corrected chi connectivity index (χ3v) is 2.72. The largest absolute Gasteiger partial charge is 0.443 e. The van der Waals surface area contributed by atoms with Crippen LogP contribution in [0.2, 0.25) is 0 Å². The molecule has 0 radical (unpaired) electrons. The van der Waals surface area contributed by atoms with Gasteiger partial charge in [0.25, 0.3) is 0 Å². The summed E-state index contributed by atoms with van der Waals surface area (Å²) in [5.41, 5.74) is 0.372. The molecule has 4 heteroatoms. The number of imide groups is 1. The first kappa shape index (κ1) is 12.6. The van der Waals surface area contributed by atoms with Crippen molar-refractivity contribution in [2.45, 2.75) is 38.8 Å². The number of nitrogens with zero attached hydrogens (tertiary/aromatic N) is 1. The Morgan fingerprint density at radius 1 is 1.28 bits per heavy atom. The van der Waals surface area contributed by atoms with Crippen LogP contribution < -0.4 is 0 Å². The van der Waals surface area contributed by atoms with E-state index in [4.69, 9.17) is 4.74 Å². The molecule has 0 aliphatic carbocycles. The summed E-state index contributed by atoms with van der Waals surface area (Å²) in [6.45, 7) is 5.35. The van der Waals surface area contributed by atoms with E-state index in [9.17, 15) is 9.59 Å². The molecule has 0 bridgehead atoms. The lowest BCUT2D eigenvalue weighted by Crippen LogP contribution is -2.51. The maximum Gasteiger partial charge on any atom is 0.417 e. The van der Waals surface area contributed by atoms with Gasteiger partial charge in [0.05, 0.1) is 12.5 Å². The van der Waals surface area contributed by atoms with Crippen LogP contribution in [0.3, 0.4) is 0 Å². The van der Waals surface area contributed by atoms with Crippen molar-refractivity contribution < 1.29 is 14.3 Å². The van der Waals surface area contributed by atoms with Crippen LogP contribution in [0, 0.1) is 0 Å². The van der Waals surface area contributed by atoms with E-state index in [0.29, 0.717) is 6.42 Å². The molecule has 1 saturated heterocycles. The normalized spacial score (nSPS) is 19.4. The van der Waals surface area contributed by atoms with Gasteiger partial charge in [0, 0.05) is 0 Å². The first-order chi connectivity index (χ1) is 8.38. The smallest absolute Gasteiger partial charge is 0.417 e. The van der Waals surface area contributed by atoms with E-state index in [1.54, 1.807) is 20.8 Å². The van der Waals surface area contributed by atoms with Crippen molar-refractivity contribution in [3.8, 4) is 0 Å². The van der Waals surface area contributed by atoms with E-state index >= 15 is 0 Å². The molecule has 0 saturated carbocycles. The number of hydrogen-bond acceptors (Lipinski definition) is 3. The molecule has 4 nitrogen and oxygen atoms in total. The van der Waals surface area contributed by atoms with Gasteiger partial charge >= 0.3 is 6.09 Å². The molecule has 1 atom stereocenters. The quantitative estimate of drug-likeness (QED) is 0.717. The number of hydrogen-bond donors (Lipinski definition) is 0. The first-order valence-corrected chi connectivity index (χ1v) is 5.98. The van der Waals surface area contributed by atoms with Crippen molar-refractivity contribution in [1.82, 2.24) is 4.90 Å². The Morgan fingerprint density at radius 2 is 1.89 bits per heavy atom. The molecule has 1 fully saturated rings. The SMILES string of the molecule is CC(C)(C)OC(=O)N1C(=O)C[C@H]1c1ccccc1. The molecule has 0 N–H and O–H groups in total. The van der Waals surface area contributed by atoms with Crippen LogP contribution in [-0.2, 0) is 9.53 Å². The van der Waals surface area contributed by atoms with Crippen molar-refractivity contribution in [1.29, 1.82) is 0 Å². The van der Waals surface area contributed by atoms with Gasteiger partial charge in [-0.1, -0.05) is 30.3 Å². The number of ether oxygens (including phenoxy) is 1. The molecule has 1 aliphatic rings. The van der Waals surface area contributed by atoms with Crippen molar-refractivity contribution in [2.24, 2.45) is 0 Å². The topological polar surface area (TPSA) is 46.6 Å². The van der Waals surface area contributed by atoms with E-state index in [1.807, 2.05) is 30.3 Å². The van der Waals surface area contributed by atoms with Gasteiger partial charge in [-0.15, -0.1) is 0 Å². The molecule has 1 aromatic carbocycles. The van der Waals surface area contributed by atoms with Crippen molar-refractivity contribution in [3.05, 3.63) is 35.9 Å². The monoisotopic (exact) mass is 247 g/mol. The maximum absolute atomic E-state index is 11.9. The predicted molar refractivity (Wildman–Crippen MR) is 66.9 cm³/mol. The lowest BCUT2D eigenvalue weighted by atomic mass is 9.94. The number of likely N-dealkylation sites (tertiary alicyclic amines) is 1.